The predicted molar refractivity (Wildman–Crippen MR) is 81.9 cm³/mol. The van der Waals surface area contributed by atoms with Crippen LogP contribution in [0.4, 0.5) is 0 Å². The van der Waals surface area contributed by atoms with Crippen LogP contribution < -0.4 is 0 Å². The van der Waals surface area contributed by atoms with Gasteiger partial charge < -0.3 is 0 Å². The highest BCUT2D eigenvalue weighted by Gasteiger charge is 2.07. The van der Waals surface area contributed by atoms with Gasteiger partial charge in [-0.25, -0.2) is 9.97 Å². The number of hydrogen-bond acceptors (Lipinski definition) is 3. The molecule has 1 heterocycles. The maximum Gasteiger partial charge on any atom is 0.140 e. The standard InChI is InChI=1S/C15H17ClN2S/c1-10(2)13-8-14(16)18-15(17-13)9-19-12-6-4-5-11(3)7-12/h4-8,10H,9H2,1-3H3. The lowest BCUT2D eigenvalue weighted by molar-refractivity contribution is 0.799. The summed E-state index contributed by atoms with van der Waals surface area (Å²) >= 11 is 7.77. The van der Waals surface area contributed by atoms with Gasteiger partial charge in [-0.15, -0.1) is 11.8 Å². The molecule has 0 radical (unpaired) electrons. The van der Waals surface area contributed by atoms with Gasteiger partial charge in [-0.1, -0.05) is 43.1 Å². The fraction of sp³-hybridized carbons (Fsp3) is 0.333. The van der Waals surface area contributed by atoms with E-state index in [0.29, 0.717) is 11.1 Å². The highest BCUT2D eigenvalue weighted by molar-refractivity contribution is 7.98. The smallest absolute Gasteiger partial charge is 0.140 e. The Hall–Kier alpha value is -1.06. The van der Waals surface area contributed by atoms with E-state index < -0.39 is 0 Å². The van der Waals surface area contributed by atoms with E-state index in [1.165, 1.54) is 10.5 Å². The molecule has 4 heteroatoms. The fourth-order valence-electron chi connectivity index (χ4n) is 1.70. The van der Waals surface area contributed by atoms with Gasteiger partial charge in [-0.05, 0) is 31.0 Å². The van der Waals surface area contributed by atoms with Gasteiger partial charge in [0, 0.05) is 10.6 Å². The largest absolute Gasteiger partial charge is 0.237 e. The van der Waals surface area contributed by atoms with E-state index in [1.807, 2.05) is 6.07 Å². The molecule has 0 fully saturated rings. The highest BCUT2D eigenvalue weighted by atomic mass is 35.5. The van der Waals surface area contributed by atoms with Crippen molar-refractivity contribution in [3.8, 4) is 0 Å². The van der Waals surface area contributed by atoms with Crippen LogP contribution in [0.2, 0.25) is 5.15 Å². The molecule has 2 aromatic rings. The first-order valence-electron chi connectivity index (χ1n) is 6.27. The van der Waals surface area contributed by atoms with Crippen molar-refractivity contribution < 1.29 is 0 Å². The average Bonchev–Trinajstić information content (AvgIpc) is 2.36. The number of hydrogen-bond donors (Lipinski definition) is 0. The summed E-state index contributed by atoms with van der Waals surface area (Å²) in [5.41, 5.74) is 2.26. The Kier molecular flexibility index (Phi) is 4.83. The molecule has 1 aromatic carbocycles. The lowest BCUT2D eigenvalue weighted by Crippen LogP contribution is -2.00. The third-order valence-electron chi connectivity index (χ3n) is 2.71. The van der Waals surface area contributed by atoms with E-state index in [2.05, 4.69) is 55.0 Å². The molecule has 1 aromatic heterocycles. The lowest BCUT2D eigenvalue weighted by Gasteiger charge is -2.07. The Bertz CT molecular complexity index is 570. The van der Waals surface area contributed by atoms with E-state index in [4.69, 9.17) is 11.6 Å². The van der Waals surface area contributed by atoms with Crippen molar-refractivity contribution >= 4 is 23.4 Å². The first-order valence-corrected chi connectivity index (χ1v) is 7.64. The number of aryl methyl sites for hydroxylation is 1. The van der Waals surface area contributed by atoms with Crippen LogP contribution in [0.5, 0.6) is 0 Å². The lowest BCUT2D eigenvalue weighted by atomic mass is 10.1. The van der Waals surface area contributed by atoms with E-state index in [0.717, 1.165) is 17.3 Å². The molecule has 0 unspecified atom stereocenters. The van der Waals surface area contributed by atoms with Gasteiger partial charge >= 0.3 is 0 Å². The molecule has 0 aliphatic heterocycles. The third kappa shape index (κ3) is 4.22. The topological polar surface area (TPSA) is 25.8 Å². The molecule has 2 rings (SSSR count). The van der Waals surface area contributed by atoms with Crippen molar-refractivity contribution in [2.45, 2.75) is 37.3 Å². The molecule has 19 heavy (non-hydrogen) atoms. The SMILES string of the molecule is Cc1cccc(SCc2nc(Cl)cc(C(C)C)n2)c1. The van der Waals surface area contributed by atoms with Crippen molar-refractivity contribution in [1.29, 1.82) is 0 Å². The second-order valence-electron chi connectivity index (χ2n) is 4.79. The molecule has 0 bridgehead atoms. The molecule has 0 aliphatic rings. The Labute approximate surface area is 123 Å². The molecule has 100 valence electrons. The van der Waals surface area contributed by atoms with Gasteiger partial charge in [0.15, 0.2) is 0 Å². The Balaban J connectivity index is 2.11. The molecule has 0 saturated carbocycles. The summed E-state index contributed by atoms with van der Waals surface area (Å²) in [6.07, 6.45) is 0. The molecule has 0 aliphatic carbocycles. The zero-order valence-electron chi connectivity index (χ0n) is 11.4. The second-order valence-corrected chi connectivity index (χ2v) is 6.23. The number of rotatable bonds is 4. The molecule has 0 N–H and O–H groups in total. The van der Waals surface area contributed by atoms with Gasteiger partial charge in [-0.3, -0.25) is 0 Å². The minimum absolute atomic E-state index is 0.364. The van der Waals surface area contributed by atoms with Crippen LogP contribution in [0.1, 0.15) is 36.8 Å². The summed E-state index contributed by atoms with van der Waals surface area (Å²) < 4.78 is 0. The van der Waals surface area contributed by atoms with Crippen molar-refractivity contribution in [2.75, 3.05) is 0 Å². The number of thioether (sulfide) groups is 1. The number of halogens is 1. The minimum Gasteiger partial charge on any atom is -0.237 e. The maximum atomic E-state index is 6.04. The van der Waals surface area contributed by atoms with E-state index in [9.17, 15) is 0 Å². The maximum absolute atomic E-state index is 6.04. The summed E-state index contributed by atoms with van der Waals surface area (Å²) in [6, 6.07) is 10.3. The zero-order valence-corrected chi connectivity index (χ0v) is 12.9. The van der Waals surface area contributed by atoms with Crippen molar-refractivity contribution in [2.24, 2.45) is 0 Å². The van der Waals surface area contributed by atoms with Crippen LogP contribution in [-0.4, -0.2) is 9.97 Å². The summed E-state index contributed by atoms with van der Waals surface area (Å²) in [6.45, 7) is 6.31. The fourth-order valence-corrected chi connectivity index (χ4v) is 2.78. The quantitative estimate of drug-likeness (QED) is 0.595. The Morgan fingerprint density at radius 1 is 1.21 bits per heavy atom. The predicted octanol–water partition coefficient (Wildman–Crippen LogP) is 4.85. The van der Waals surface area contributed by atoms with Crippen LogP contribution in [0, 0.1) is 6.92 Å². The molecular formula is C15H17ClN2S. The second kappa shape index (κ2) is 6.40. The van der Waals surface area contributed by atoms with Gasteiger partial charge in [0.1, 0.15) is 11.0 Å². The van der Waals surface area contributed by atoms with Crippen molar-refractivity contribution in [3.05, 3.63) is 52.6 Å². The zero-order chi connectivity index (χ0) is 13.8. The van der Waals surface area contributed by atoms with Crippen LogP contribution in [0.15, 0.2) is 35.2 Å². The monoisotopic (exact) mass is 292 g/mol. The van der Waals surface area contributed by atoms with Crippen LogP contribution in [-0.2, 0) is 5.75 Å². The van der Waals surface area contributed by atoms with Crippen molar-refractivity contribution in [3.63, 3.8) is 0 Å². The van der Waals surface area contributed by atoms with E-state index in [-0.39, 0.29) is 0 Å². The number of nitrogens with zero attached hydrogens (tertiary/aromatic N) is 2. The van der Waals surface area contributed by atoms with Gasteiger partial charge in [-0.2, -0.15) is 0 Å². The normalized spacial score (nSPS) is 11.0. The number of aromatic nitrogens is 2. The first-order chi connectivity index (χ1) is 9.04. The van der Waals surface area contributed by atoms with Crippen molar-refractivity contribution in [1.82, 2.24) is 9.97 Å². The van der Waals surface area contributed by atoms with E-state index >= 15 is 0 Å². The first kappa shape index (κ1) is 14.4. The molecule has 0 atom stereocenters. The van der Waals surface area contributed by atoms with Crippen LogP contribution in [0.25, 0.3) is 0 Å². The Morgan fingerprint density at radius 2 is 2.00 bits per heavy atom. The molecule has 0 amide bonds. The molecular weight excluding hydrogens is 276 g/mol. The summed E-state index contributed by atoms with van der Waals surface area (Å²) in [7, 11) is 0. The highest BCUT2D eigenvalue weighted by Crippen LogP contribution is 2.24. The van der Waals surface area contributed by atoms with E-state index in [1.54, 1.807) is 11.8 Å². The average molecular weight is 293 g/mol. The Morgan fingerprint density at radius 3 is 2.68 bits per heavy atom. The van der Waals surface area contributed by atoms with Gasteiger partial charge in [0.05, 0.1) is 5.75 Å². The molecule has 2 nitrogen and oxygen atoms in total. The summed E-state index contributed by atoms with van der Waals surface area (Å²) in [5, 5.41) is 0.526. The summed E-state index contributed by atoms with van der Waals surface area (Å²) in [4.78, 5) is 10.1. The van der Waals surface area contributed by atoms with Gasteiger partial charge in [0.2, 0.25) is 0 Å². The van der Waals surface area contributed by atoms with Crippen LogP contribution >= 0.6 is 23.4 Å². The molecule has 0 spiro atoms. The summed E-state index contributed by atoms with van der Waals surface area (Å²) in [5.74, 6) is 1.90. The minimum atomic E-state index is 0.364. The molecule has 0 saturated heterocycles. The third-order valence-corrected chi connectivity index (χ3v) is 3.89. The number of benzene rings is 1. The van der Waals surface area contributed by atoms with Gasteiger partial charge in [0.25, 0.3) is 0 Å². The van der Waals surface area contributed by atoms with Crippen LogP contribution in [0.3, 0.4) is 0 Å².